The fourth-order valence-electron chi connectivity index (χ4n) is 12.7. The molecule has 0 saturated carbocycles. The molecule has 0 amide bonds. The number of carbonyl (C=O) groups is 1. The van der Waals surface area contributed by atoms with E-state index in [4.69, 9.17) is 4.74 Å². The van der Waals surface area contributed by atoms with E-state index >= 15 is 0 Å². The molecule has 12 heteroatoms. The SMILES string of the molecule is CCCCCCCC/C=C\CCCCCCC(O)CN(CCCCSSCCCN1CCN(CCOC(=O)CCCN(CC(O)CCCCCCCCCC)CC(O)CCCCCCCCCC)CC1)CC(O)CCCCCC/C=C\CCCCCCCC. The third-order valence-corrected chi connectivity index (χ3v) is 21.1. The van der Waals surface area contributed by atoms with Crippen LogP contribution in [0.3, 0.4) is 0 Å². The summed E-state index contributed by atoms with van der Waals surface area (Å²) in [4.78, 5) is 22.5. The van der Waals surface area contributed by atoms with E-state index in [0.29, 0.717) is 52.2 Å². The Labute approximate surface area is 561 Å². The molecule has 528 valence electrons. The maximum atomic E-state index is 12.9. The normalized spacial score (nSPS) is 15.0. The quantitative estimate of drug-likeness (QED) is 0.0201. The zero-order chi connectivity index (χ0) is 64.4. The number of allylic oxidation sites excluding steroid dienone is 4. The van der Waals surface area contributed by atoms with Gasteiger partial charge in [-0.05, 0) is 122 Å². The van der Waals surface area contributed by atoms with E-state index < -0.39 is 12.2 Å². The summed E-state index contributed by atoms with van der Waals surface area (Å²) < 4.78 is 5.74. The second kappa shape index (κ2) is 68.7. The first-order valence-corrected chi connectivity index (χ1v) is 41.5. The minimum Gasteiger partial charge on any atom is -0.464 e. The number of rotatable bonds is 71. The van der Waals surface area contributed by atoms with E-state index in [0.717, 1.165) is 122 Å². The van der Waals surface area contributed by atoms with Gasteiger partial charge in [0.25, 0.3) is 0 Å². The lowest BCUT2D eigenvalue weighted by atomic mass is 10.0. The van der Waals surface area contributed by atoms with Crippen molar-refractivity contribution in [1.29, 1.82) is 0 Å². The van der Waals surface area contributed by atoms with Crippen molar-refractivity contribution in [3.05, 3.63) is 24.3 Å². The van der Waals surface area contributed by atoms with Crippen LogP contribution in [-0.2, 0) is 9.53 Å². The highest BCUT2D eigenvalue weighted by atomic mass is 33.1. The number of esters is 1. The van der Waals surface area contributed by atoms with Crippen molar-refractivity contribution in [2.45, 2.75) is 367 Å². The molecule has 0 bridgehead atoms. The lowest BCUT2D eigenvalue weighted by molar-refractivity contribution is -0.144. The van der Waals surface area contributed by atoms with E-state index in [1.165, 1.54) is 238 Å². The summed E-state index contributed by atoms with van der Waals surface area (Å²) in [6, 6.07) is 0. The third-order valence-electron chi connectivity index (χ3n) is 18.5. The minimum absolute atomic E-state index is 0.141. The molecule has 0 aliphatic carbocycles. The van der Waals surface area contributed by atoms with Crippen LogP contribution < -0.4 is 0 Å². The van der Waals surface area contributed by atoms with Crippen LogP contribution in [0.2, 0.25) is 0 Å². The van der Waals surface area contributed by atoms with Gasteiger partial charge in [-0.2, -0.15) is 0 Å². The van der Waals surface area contributed by atoms with Crippen molar-refractivity contribution < 1.29 is 30.0 Å². The topological polar surface area (TPSA) is 120 Å². The standard InChI is InChI=1S/C77H152N4O6S2/c1-5-9-13-17-21-25-27-29-31-33-35-39-43-47-53-73(82)69-80(70-74(83)54-48-44-40-36-34-32-30-28-26-22-18-14-10-6-2)58-49-50-67-88-89-68-52-60-78-61-63-79(64-62-78)65-66-87-77(86)57-51-59-81(71-75(84)55-45-41-37-23-19-15-11-7-3)72-76(85)56-46-42-38-24-20-16-12-8-4/h29-32,73-76,82-85H,5-28,33-72H2,1-4H3/b31-29-,32-30-. The van der Waals surface area contributed by atoms with Gasteiger partial charge in [-0.3, -0.25) is 19.5 Å². The molecule has 10 nitrogen and oxygen atoms in total. The Hall–Kier alpha value is -0.670. The van der Waals surface area contributed by atoms with Crippen LogP contribution in [0.5, 0.6) is 0 Å². The van der Waals surface area contributed by atoms with Crippen molar-refractivity contribution >= 4 is 27.6 Å². The van der Waals surface area contributed by atoms with Crippen LogP contribution in [-0.4, -0.2) is 167 Å². The number of aliphatic hydroxyl groups excluding tert-OH is 4. The zero-order valence-corrected chi connectivity index (χ0v) is 61.2. The van der Waals surface area contributed by atoms with Gasteiger partial charge in [0.2, 0.25) is 0 Å². The fraction of sp³-hybridized carbons (Fsp3) is 0.935. The number of unbranched alkanes of at least 4 members (excludes halogenated alkanes) is 35. The molecule has 89 heavy (non-hydrogen) atoms. The Morgan fingerprint density at radius 2 is 0.663 bits per heavy atom. The Morgan fingerprint density at radius 3 is 1.01 bits per heavy atom. The van der Waals surface area contributed by atoms with Crippen LogP contribution in [0.25, 0.3) is 0 Å². The molecule has 1 heterocycles. The first-order valence-electron chi connectivity index (χ1n) is 39.0. The number of aliphatic hydroxyl groups is 4. The molecule has 4 N–H and O–H groups in total. The summed E-state index contributed by atoms with van der Waals surface area (Å²) in [6.45, 7) is 19.7. The van der Waals surface area contributed by atoms with Gasteiger partial charge in [-0.25, -0.2) is 0 Å². The van der Waals surface area contributed by atoms with E-state index in [1.807, 2.05) is 21.6 Å². The molecule has 0 aromatic rings. The summed E-state index contributed by atoms with van der Waals surface area (Å²) in [5, 5.41) is 44.4. The first-order chi connectivity index (χ1) is 43.7. The summed E-state index contributed by atoms with van der Waals surface area (Å²) in [7, 11) is 4.02. The molecule has 1 aliphatic heterocycles. The minimum atomic E-state index is -0.404. The Kier molecular flexibility index (Phi) is 66.7. The lowest BCUT2D eigenvalue weighted by Gasteiger charge is -2.34. The number of carbonyl (C=O) groups excluding carboxylic acids is 1. The number of hydrogen-bond acceptors (Lipinski definition) is 12. The molecule has 4 atom stereocenters. The molecular formula is C77H152N4O6S2. The van der Waals surface area contributed by atoms with Gasteiger partial charge >= 0.3 is 5.97 Å². The maximum absolute atomic E-state index is 12.9. The number of hydrogen-bond donors (Lipinski definition) is 4. The van der Waals surface area contributed by atoms with Gasteiger partial charge in [-0.15, -0.1) is 0 Å². The molecule has 1 rings (SSSR count). The highest BCUT2D eigenvalue weighted by Crippen LogP contribution is 2.24. The highest BCUT2D eigenvalue weighted by Gasteiger charge is 2.20. The summed E-state index contributed by atoms with van der Waals surface area (Å²) >= 11 is 0. The number of piperazine rings is 1. The van der Waals surface area contributed by atoms with Gasteiger partial charge in [0.15, 0.2) is 0 Å². The van der Waals surface area contributed by atoms with E-state index in [9.17, 15) is 25.2 Å². The van der Waals surface area contributed by atoms with E-state index in [-0.39, 0.29) is 18.2 Å². The van der Waals surface area contributed by atoms with Crippen molar-refractivity contribution in [3.63, 3.8) is 0 Å². The lowest BCUT2D eigenvalue weighted by Crippen LogP contribution is -2.47. The van der Waals surface area contributed by atoms with Gasteiger partial charge in [-0.1, -0.05) is 279 Å². The van der Waals surface area contributed by atoms with Crippen LogP contribution in [0.15, 0.2) is 24.3 Å². The van der Waals surface area contributed by atoms with Crippen LogP contribution >= 0.6 is 21.6 Å². The maximum Gasteiger partial charge on any atom is 0.305 e. The molecule has 0 aromatic carbocycles. The van der Waals surface area contributed by atoms with Crippen molar-refractivity contribution in [1.82, 2.24) is 19.6 Å². The summed E-state index contributed by atoms with van der Waals surface area (Å²) in [5.41, 5.74) is 0. The molecule has 0 spiro atoms. The van der Waals surface area contributed by atoms with Crippen molar-refractivity contribution in [3.8, 4) is 0 Å². The van der Waals surface area contributed by atoms with Crippen molar-refractivity contribution in [2.75, 3.05) is 96.6 Å². The second-order valence-corrected chi connectivity index (χ2v) is 30.1. The molecule has 1 aliphatic rings. The summed E-state index contributed by atoms with van der Waals surface area (Å²) in [5.74, 6) is 2.16. The average Bonchev–Trinajstić information content (AvgIpc) is 3.62. The molecule has 0 aromatic heterocycles. The van der Waals surface area contributed by atoms with E-state index in [2.05, 4.69) is 71.6 Å². The molecular weight excluding hydrogens is 1140 g/mol. The monoisotopic (exact) mass is 1290 g/mol. The molecule has 4 unspecified atom stereocenters. The molecule has 1 saturated heterocycles. The largest absolute Gasteiger partial charge is 0.464 e. The van der Waals surface area contributed by atoms with Gasteiger partial charge in [0.05, 0.1) is 24.4 Å². The highest BCUT2D eigenvalue weighted by molar-refractivity contribution is 8.76. The predicted octanol–water partition coefficient (Wildman–Crippen LogP) is 19.9. The molecule has 1 fully saturated rings. The van der Waals surface area contributed by atoms with Gasteiger partial charge < -0.3 is 30.1 Å². The van der Waals surface area contributed by atoms with Gasteiger partial charge in [0.1, 0.15) is 6.61 Å². The smallest absolute Gasteiger partial charge is 0.305 e. The first kappa shape index (κ1) is 86.3. The van der Waals surface area contributed by atoms with Crippen LogP contribution in [0, 0.1) is 0 Å². The zero-order valence-electron chi connectivity index (χ0n) is 59.6. The Bertz CT molecular complexity index is 1420. The second-order valence-electron chi connectivity index (χ2n) is 27.4. The molecule has 0 radical (unpaired) electrons. The fourth-order valence-corrected chi connectivity index (χ4v) is 14.9. The Balaban J connectivity index is 2.37. The van der Waals surface area contributed by atoms with Crippen molar-refractivity contribution in [2.24, 2.45) is 0 Å². The predicted molar refractivity (Wildman–Crippen MR) is 393 cm³/mol. The van der Waals surface area contributed by atoms with Crippen LogP contribution in [0.1, 0.15) is 342 Å². The van der Waals surface area contributed by atoms with Crippen LogP contribution in [0.4, 0.5) is 0 Å². The summed E-state index contributed by atoms with van der Waals surface area (Å²) in [6.07, 6.45) is 66.7. The Morgan fingerprint density at radius 1 is 0.371 bits per heavy atom. The van der Waals surface area contributed by atoms with E-state index in [1.54, 1.807) is 0 Å². The number of nitrogens with zero attached hydrogens (tertiary/aromatic N) is 4. The third kappa shape index (κ3) is 61.9. The average molecular weight is 1290 g/mol. The number of ether oxygens (including phenoxy) is 1. The van der Waals surface area contributed by atoms with Gasteiger partial charge in [0, 0.05) is 76.8 Å².